The van der Waals surface area contributed by atoms with Crippen LogP contribution in [0.2, 0.25) is 0 Å². The first-order valence-electron chi connectivity index (χ1n) is 10.3. The molecule has 0 spiro atoms. The molecule has 2 aromatic carbocycles. The monoisotopic (exact) mass is 444 g/mol. The van der Waals surface area contributed by atoms with Gasteiger partial charge in [0.25, 0.3) is 0 Å². The Hall–Kier alpha value is -2.25. The van der Waals surface area contributed by atoms with Crippen molar-refractivity contribution in [2.45, 2.75) is 56.6 Å². The summed E-state index contributed by atoms with van der Waals surface area (Å²) in [5.41, 5.74) is 3.62. The van der Waals surface area contributed by atoms with Crippen molar-refractivity contribution in [2.24, 2.45) is 5.92 Å². The summed E-state index contributed by atoms with van der Waals surface area (Å²) in [6.07, 6.45) is 5.15. The van der Waals surface area contributed by atoms with Crippen molar-refractivity contribution in [3.05, 3.63) is 59.2 Å². The highest BCUT2D eigenvalue weighted by Gasteiger charge is 2.22. The first-order valence-corrected chi connectivity index (χ1v) is 12.3. The molecule has 160 valence electrons. The van der Waals surface area contributed by atoms with Crippen LogP contribution in [-0.4, -0.2) is 19.4 Å². The quantitative estimate of drug-likeness (QED) is 0.656. The van der Waals surface area contributed by atoms with E-state index < -0.39 is 9.84 Å². The number of hydrogen-bond donors (Lipinski definition) is 2. The number of hydrogen-bond acceptors (Lipinski definition) is 4. The predicted molar refractivity (Wildman–Crippen MR) is 124 cm³/mol. The molecule has 7 heteroatoms. The fourth-order valence-electron chi connectivity index (χ4n) is 3.68. The van der Waals surface area contributed by atoms with Gasteiger partial charge in [0.15, 0.2) is 14.9 Å². The summed E-state index contributed by atoms with van der Waals surface area (Å²) >= 11 is 5.24. The van der Waals surface area contributed by atoms with Gasteiger partial charge in [-0.1, -0.05) is 37.5 Å². The van der Waals surface area contributed by atoms with Crippen LogP contribution in [0, 0.1) is 19.8 Å². The van der Waals surface area contributed by atoms with E-state index >= 15 is 0 Å². The average Bonchev–Trinajstić information content (AvgIpc) is 2.71. The molecule has 0 aliphatic heterocycles. The maximum atomic E-state index is 12.7. The third-order valence-electron chi connectivity index (χ3n) is 5.61. The Bertz CT molecular complexity index is 1020. The van der Waals surface area contributed by atoms with E-state index in [4.69, 9.17) is 12.2 Å². The molecule has 0 aromatic heterocycles. The number of nitrogens with one attached hydrogen (secondary N) is 2. The van der Waals surface area contributed by atoms with Crippen LogP contribution >= 0.6 is 12.2 Å². The van der Waals surface area contributed by atoms with Crippen molar-refractivity contribution < 1.29 is 13.2 Å². The van der Waals surface area contributed by atoms with Crippen molar-refractivity contribution in [3.63, 3.8) is 0 Å². The summed E-state index contributed by atoms with van der Waals surface area (Å²) in [6, 6.07) is 12.1. The Morgan fingerprint density at radius 1 is 1.00 bits per heavy atom. The van der Waals surface area contributed by atoms with Gasteiger partial charge in [-0.15, -0.1) is 0 Å². The summed E-state index contributed by atoms with van der Waals surface area (Å²) < 4.78 is 25.5. The van der Waals surface area contributed by atoms with E-state index in [2.05, 4.69) is 10.6 Å². The van der Waals surface area contributed by atoms with E-state index in [0.717, 1.165) is 42.4 Å². The van der Waals surface area contributed by atoms with Gasteiger partial charge in [-0.2, -0.15) is 0 Å². The Morgan fingerprint density at radius 2 is 1.67 bits per heavy atom. The molecule has 1 fully saturated rings. The summed E-state index contributed by atoms with van der Waals surface area (Å²) in [6.45, 7) is 3.98. The van der Waals surface area contributed by atoms with Gasteiger partial charge in [-0.05, 0) is 79.9 Å². The molecule has 0 bridgehead atoms. The van der Waals surface area contributed by atoms with Crippen LogP contribution < -0.4 is 10.6 Å². The lowest BCUT2D eigenvalue weighted by Crippen LogP contribution is -2.38. The number of carbonyl (C=O) groups excluding carboxylic acids is 1. The van der Waals surface area contributed by atoms with Crippen molar-refractivity contribution in [1.82, 2.24) is 5.32 Å². The standard InChI is InChI=1S/C23H28N2O3S2/c1-16-8-9-18(14-17(16)2)15-30(27,28)21-12-10-20(11-13-21)24-23(29)25-22(26)19-6-4-3-5-7-19/h8-14,19H,3-7,15H2,1-2H3,(H2,24,25,26,29). The van der Waals surface area contributed by atoms with E-state index in [9.17, 15) is 13.2 Å². The number of benzene rings is 2. The number of carbonyl (C=O) groups is 1. The molecule has 0 radical (unpaired) electrons. The molecule has 1 aliphatic rings. The van der Waals surface area contributed by atoms with Gasteiger partial charge in [0.2, 0.25) is 5.91 Å². The maximum absolute atomic E-state index is 12.7. The van der Waals surface area contributed by atoms with Crippen molar-refractivity contribution in [2.75, 3.05) is 5.32 Å². The lowest BCUT2D eigenvalue weighted by Gasteiger charge is -2.21. The van der Waals surface area contributed by atoms with E-state index in [1.807, 2.05) is 32.0 Å². The lowest BCUT2D eigenvalue weighted by atomic mass is 9.89. The zero-order valence-electron chi connectivity index (χ0n) is 17.4. The molecule has 0 heterocycles. The lowest BCUT2D eigenvalue weighted by molar-refractivity contribution is -0.124. The molecule has 1 saturated carbocycles. The van der Waals surface area contributed by atoms with E-state index in [-0.39, 0.29) is 27.6 Å². The third kappa shape index (κ3) is 5.89. The minimum absolute atomic E-state index is 0.0245. The van der Waals surface area contributed by atoms with Gasteiger partial charge in [0.1, 0.15) is 0 Å². The molecule has 0 atom stereocenters. The van der Waals surface area contributed by atoms with Gasteiger partial charge in [-0.25, -0.2) is 8.42 Å². The van der Waals surface area contributed by atoms with E-state index in [1.165, 1.54) is 6.42 Å². The topological polar surface area (TPSA) is 75.3 Å². The number of amides is 1. The molecule has 1 aliphatic carbocycles. The number of thiocarbonyl (C=S) groups is 1. The van der Waals surface area contributed by atoms with Crippen LogP contribution in [0.5, 0.6) is 0 Å². The van der Waals surface area contributed by atoms with Gasteiger partial charge in [0, 0.05) is 11.6 Å². The second-order valence-electron chi connectivity index (χ2n) is 7.98. The van der Waals surface area contributed by atoms with Crippen LogP contribution in [-0.2, 0) is 20.4 Å². The highest BCUT2D eigenvalue weighted by molar-refractivity contribution is 7.90. The molecule has 0 unspecified atom stereocenters. The number of aryl methyl sites for hydroxylation is 2. The summed E-state index contributed by atoms with van der Waals surface area (Å²) in [4.78, 5) is 12.5. The minimum Gasteiger partial charge on any atom is -0.332 e. The van der Waals surface area contributed by atoms with Gasteiger partial charge >= 0.3 is 0 Å². The zero-order chi connectivity index (χ0) is 21.7. The molecule has 2 aromatic rings. The second-order valence-corrected chi connectivity index (χ2v) is 10.4. The predicted octanol–water partition coefficient (Wildman–Crippen LogP) is 4.67. The summed E-state index contributed by atoms with van der Waals surface area (Å²) in [5.74, 6) is -0.0623. The third-order valence-corrected chi connectivity index (χ3v) is 7.52. The van der Waals surface area contributed by atoms with Gasteiger partial charge in [0.05, 0.1) is 10.6 Å². The summed E-state index contributed by atoms with van der Waals surface area (Å²) in [5, 5.41) is 5.94. The molecule has 3 rings (SSSR count). The van der Waals surface area contributed by atoms with Gasteiger partial charge < -0.3 is 10.6 Å². The second kappa shape index (κ2) is 9.71. The minimum atomic E-state index is -3.45. The van der Waals surface area contributed by atoms with Crippen LogP contribution in [0.3, 0.4) is 0 Å². The molecule has 30 heavy (non-hydrogen) atoms. The van der Waals surface area contributed by atoms with Crippen LogP contribution in [0.1, 0.15) is 48.8 Å². The molecular formula is C23H28N2O3S2. The molecule has 2 N–H and O–H groups in total. The first-order chi connectivity index (χ1) is 14.2. The van der Waals surface area contributed by atoms with Gasteiger partial charge in [-0.3, -0.25) is 4.79 Å². The molecule has 1 amide bonds. The van der Waals surface area contributed by atoms with Crippen molar-refractivity contribution >= 4 is 38.8 Å². The largest absolute Gasteiger partial charge is 0.332 e. The maximum Gasteiger partial charge on any atom is 0.229 e. The van der Waals surface area contributed by atoms with Crippen LogP contribution in [0.4, 0.5) is 5.69 Å². The van der Waals surface area contributed by atoms with E-state index in [0.29, 0.717) is 5.69 Å². The highest BCUT2D eigenvalue weighted by atomic mass is 32.2. The SMILES string of the molecule is Cc1ccc(CS(=O)(=O)c2ccc(NC(=S)NC(=O)C3CCCCC3)cc2)cc1C. The van der Waals surface area contributed by atoms with Crippen LogP contribution in [0.15, 0.2) is 47.4 Å². The number of anilines is 1. The van der Waals surface area contributed by atoms with Crippen molar-refractivity contribution in [1.29, 1.82) is 0 Å². The Labute approximate surface area is 184 Å². The Balaban J connectivity index is 1.60. The summed E-state index contributed by atoms with van der Waals surface area (Å²) in [7, 11) is -3.45. The molecule has 5 nitrogen and oxygen atoms in total. The smallest absolute Gasteiger partial charge is 0.229 e. The average molecular weight is 445 g/mol. The number of sulfone groups is 1. The van der Waals surface area contributed by atoms with Crippen molar-refractivity contribution in [3.8, 4) is 0 Å². The number of rotatable bonds is 5. The van der Waals surface area contributed by atoms with Crippen LogP contribution in [0.25, 0.3) is 0 Å². The highest BCUT2D eigenvalue weighted by Crippen LogP contribution is 2.24. The molecular weight excluding hydrogens is 416 g/mol. The Morgan fingerprint density at radius 3 is 2.30 bits per heavy atom. The van der Waals surface area contributed by atoms with E-state index in [1.54, 1.807) is 24.3 Å². The first kappa shape index (κ1) is 22.4. The zero-order valence-corrected chi connectivity index (χ0v) is 19.0. The fourth-order valence-corrected chi connectivity index (χ4v) is 5.24. The Kier molecular flexibility index (Phi) is 7.26. The normalized spacial score (nSPS) is 14.9. The molecule has 0 saturated heterocycles. The fraction of sp³-hybridized carbons (Fsp3) is 0.391.